The van der Waals surface area contributed by atoms with Gasteiger partial charge in [-0.15, -0.1) is 0 Å². The van der Waals surface area contributed by atoms with Gasteiger partial charge in [0.1, 0.15) is 5.65 Å². The van der Waals surface area contributed by atoms with Crippen molar-refractivity contribution in [1.82, 2.24) is 20.2 Å². The van der Waals surface area contributed by atoms with Crippen LogP contribution in [0.25, 0.3) is 22.2 Å². The van der Waals surface area contributed by atoms with Crippen LogP contribution >= 0.6 is 0 Å². The van der Waals surface area contributed by atoms with Crippen LogP contribution in [0.1, 0.15) is 23.7 Å². The van der Waals surface area contributed by atoms with Crippen LogP contribution in [-0.2, 0) is 4.79 Å². The molecule has 0 saturated carbocycles. The summed E-state index contributed by atoms with van der Waals surface area (Å²) in [4.78, 5) is 34.2. The summed E-state index contributed by atoms with van der Waals surface area (Å²) in [5.41, 5.74) is 3.41. The number of rotatable bonds is 4. The van der Waals surface area contributed by atoms with Crippen molar-refractivity contribution in [2.45, 2.75) is 13.3 Å². The van der Waals surface area contributed by atoms with Crippen molar-refractivity contribution < 1.29 is 9.59 Å². The van der Waals surface area contributed by atoms with Gasteiger partial charge in [0.2, 0.25) is 5.91 Å². The van der Waals surface area contributed by atoms with Crippen LogP contribution < -0.4 is 5.32 Å². The van der Waals surface area contributed by atoms with Gasteiger partial charge >= 0.3 is 0 Å². The molecule has 27 heavy (non-hydrogen) atoms. The van der Waals surface area contributed by atoms with Crippen molar-refractivity contribution in [3.8, 4) is 11.1 Å². The van der Waals surface area contributed by atoms with Gasteiger partial charge in [0.25, 0.3) is 5.91 Å². The van der Waals surface area contributed by atoms with Crippen LogP contribution in [0.2, 0.25) is 0 Å². The molecule has 1 aliphatic rings. The first-order valence-corrected chi connectivity index (χ1v) is 9.26. The molecule has 0 bridgehead atoms. The Labute approximate surface area is 157 Å². The Bertz CT molecular complexity index is 995. The van der Waals surface area contributed by atoms with E-state index in [4.69, 9.17) is 0 Å². The number of aromatic nitrogens is 2. The normalized spacial score (nSPS) is 16.6. The fourth-order valence-electron chi connectivity index (χ4n) is 3.59. The SMILES string of the molecule is CCNC(=O)[C@@H]1CCN(C(=O)c2cccc(-c3cnc4[nH]ccc4c3)c2)C1. The predicted octanol–water partition coefficient (Wildman–Crippen LogP) is 2.83. The number of amides is 2. The summed E-state index contributed by atoms with van der Waals surface area (Å²) in [6.45, 7) is 3.61. The Hall–Kier alpha value is -3.15. The number of fused-ring (bicyclic) bond motifs is 1. The quantitative estimate of drug-likeness (QED) is 0.749. The molecule has 1 aliphatic heterocycles. The van der Waals surface area contributed by atoms with Crippen molar-refractivity contribution in [2.24, 2.45) is 5.92 Å². The molecule has 1 saturated heterocycles. The van der Waals surface area contributed by atoms with Gasteiger partial charge in [0.15, 0.2) is 0 Å². The number of hydrogen-bond donors (Lipinski definition) is 2. The summed E-state index contributed by atoms with van der Waals surface area (Å²) < 4.78 is 0. The zero-order valence-electron chi connectivity index (χ0n) is 15.2. The van der Waals surface area contributed by atoms with Gasteiger partial charge < -0.3 is 15.2 Å². The van der Waals surface area contributed by atoms with E-state index in [0.717, 1.165) is 22.2 Å². The smallest absolute Gasteiger partial charge is 0.253 e. The number of nitrogens with one attached hydrogen (secondary N) is 2. The van der Waals surface area contributed by atoms with Gasteiger partial charge in [-0.3, -0.25) is 9.59 Å². The van der Waals surface area contributed by atoms with Crippen molar-refractivity contribution in [3.05, 3.63) is 54.4 Å². The van der Waals surface area contributed by atoms with Crippen LogP contribution in [0.4, 0.5) is 0 Å². The van der Waals surface area contributed by atoms with Crippen LogP contribution in [0.15, 0.2) is 48.8 Å². The average molecular weight is 362 g/mol. The van der Waals surface area contributed by atoms with Gasteiger partial charge in [-0.05, 0) is 43.2 Å². The van der Waals surface area contributed by atoms with Gasteiger partial charge in [-0.25, -0.2) is 4.98 Å². The fraction of sp³-hybridized carbons (Fsp3) is 0.286. The maximum atomic E-state index is 12.9. The molecule has 138 valence electrons. The highest BCUT2D eigenvalue weighted by atomic mass is 16.2. The molecule has 0 radical (unpaired) electrons. The van der Waals surface area contributed by atoms with Crippen LogP contribution in [0, 0.1) is 5.92 Å². The maximum absolute atomic E-state index is 12.9. The van der Waals surface area contributed by atoms with E-state index in [0.29, 0.717) is 31.6 Å². The summed E-state index contributed by atoms with van der Waals surface area (Å²) in [7, 11) is 0. The number of H-pyrrole nitrogens is 1. The van der Waals surface area contributed by atoms with E-state index in [1.54, 1.807) is 4.90 Å². The van der Waals surface area contributed by atoms with Crippen LogP contribution in [0.3, 0.4) is 0 Å². The van der Waals surface area contributed by atoms with E-state index in [1.165, 1.54) is 0 Å². The molecule has 3 aromatic rings. The first-order valence-electron chi connectivity index (χ1n) is 9.26. The average Bonchev–Trinajstić information content (AvgIpc) is 3.36. The second kappa shape index (κ2) is 7.23. The number of aromatic amines is 1. The van der Waals surface area contributed by atoms with Crippen LogP contribution in [-0.4, -0.2) is 46.3 Å². The topological polar surface area (TPSA) is 78.1 Å². The summed E-state index contributed by atoms with van der Waals surface area (Å²) >= 11 is 0. The number of carbonyl (C=O) groups is 2. The van der Waals surface area contributed by atoms with Crippen molar-refractivity contribution in [3.63, 3.8) is 0 Å². The van der Waals surface area contributed by atoms with E-state index < -0.39 is 0 Å². The molecule has 0 aliphatic carbocycles. The Morgan fingerprint density at radius 3 is 3.00 bits per heavy atom. The fourth-order valence-corrected chi connectivity index (χ4v) is 3.59. The third kappa shape index (κ3) is 3.43. The second-order valence-electron chi connectivity index (χ2n) is 6.85. The summed E-state index contributed by atoms with van der Waals surface area (Å²) in [6, 6.07) is 11.6. The Morgan fingerprint density at radius 2 is 2.15 bits per heavy atom. The lowest BCUT2D eigenvalue weighted by atomic mass is 10.0. The molecule has 2 aromatic heterocycles. The molecular weight excluding hydrogens is 340 g/mol. The highest BCUT2D eigenvalue weighted by Crippen LogP contribution is 2.25. The Balaban J connectivity index is 1.53. The monoisotopic (exact) mass is 362 g/mol. The minimum Gasteiger partial charge on any atom is -0.356 e. The Kier molecular flexibility index (Phi) is 4.62. The first-order chi connectivity index (χ1) is 13.2. The standard InChI is InChI=1S/C21H22N4O2/c1-2-22-20(26)17-7-9-25(13-17)21(27)16-5-3-4-14(10-16)18-11-15-6-8-23-19(15)24-12-18/h3-6,8,10-12,17H,2,7,9,13H2,1H3,(H,22,26)(H,23,24)/t17-/m1/s1. The van der Waals surface area contributed by atoms with Crippen LogP contribution in [0.5, 0.6) is 0 Å². The second-order valence-corrected chi connectivity index (χ2v) is 6.85. The largest absolute Gasteiger partial charge is 0.356 e. The van der Waals surface area contributed by atoms with E-state index >= 15 is 0 Å². The zero-order chi connectivity index (χ0) is 18.8. The lowest BCUT2D eigenvalue weighted by molar-refractivity contribution is -0.124. The molecule has 1 aromatic carbocycles. The first kappa shape index (κ1) is 17.3. The molecule has 6 heteroatoms. The Morgan fingerprint density at radius 1 is 1.26 bits per heavy atom. The predicted molar refractivity (Wildman–Crippen MR) is 104 cm³/mol. The summed E-state index contributed by atoms with van der Waals surface area (Å²) in [6.07, 6.45) is 4.38. The number of hydrogen-bond acceptors (Lipinski definition) is 3. The molecule has 1 atom stereocenters. The summed E-state index contributed by atoms with van der Waals surface area (Å²) in [5.74, 6) is -0.107. The van der Waals surface area contributed by atoms with Gasteiger partial charge in [0.05, 0.1) is 5.92 Å². The third-order valence-electron chi connectivity index (χ3n) is 5.04. The minimum absolute atomic E-state index is 0.0284. The highest BCUT2D eigenvalue weighted by molar-refractivity contribution is 5.96. The van der Waals surface area contributed by atoms with Gasteiger partial charge in [-0.1, -0.05) is 12.1 Å². The number of carbonyl (C=O) groups excluding carboxylic acids is 2. The van der Waals surface area contributed by atoms with Gasteiger partial charge in [-0.2, -0.15) is 0 Å². The van der Waals surface area contributed by atoms with E-state index in [2.05, 4.69) is 21.4 Å². The lowest BCUT2D eigenvalue weighted by Crippen LogP contribution is -2.34. The number of pyridine rings is 1. The van der Waals surface area contributed by atoms with E-state index in [9.17, 15) is 9.59 Å². The number of likely N-dealkylation sites (tertiary alicyclic amines) is 1. The summed E-state index contributed by atoms with van der Waals surface area (Å²) in [5, 5.41) is 3.88. The molecule has 2 amide bonds. The zero-order valence-corrected chi connectivity index (χ0v) is 15.2. The van der Waals surface area contributed by atoms with E-state index in [-0.39, 0.29) is 17.7 Å². The molecule has 1 fully saturated rings. The highest BCUT2D eigenvalue weighted by Gasteiger charge is 2.31. The maximum Gasteiger partial charge on any atom is 0.253 e. The molecule has 4 rings (SSSR count). The van der Waals surface area contributed by atoms with Gasteiger partial charge in [0, 0.05) is 48.5 Å². The van der Waals surface area contributed by atoms with Crippen molar-refractivity contribution in [1.29, 1.82) is 0 Å². The number of benzene rings is 1. The minimum atomic E-state index is -0.114. The third-order valence-corrected chi connectivity index (χ3v) is 5.04. The molecule has 3 heterocycles. The lowest BCUT2D eigenvalue weighted by Gasteiger charge is -2.17. The van der Waals surface area contributed by atoms with Crippen molar-refractivity contribution in [2.75, 3.05) is 19.6 Å². The number of nitrogens with zero attached hydrogens (tertiary/aromatic N) is 2. The molecule has 6 nitrogen and oxygen atoms in total. The van der Waals surface area contributed by atoms with E-state index in [1.807, 2.05) is 49.6 Å². The van der Waals surface area contributed by atoms with Crippen molar-refractivity contribution >= 4 is 22.8 Å². The molecular formula is C21H22N4O2. The molecule has 0 unspecified atom stereocenters. The molecule has 0 spiro atoms. The molecule has 2 N–H and O–H groups in total.